The number of fused-ring (bicyclic) bond motifs is 2. The van der Waals surface area contributed by atoms with Crippen molar-refractivity contribution in [2.75, 3.05) is 13.9 Å². The van der Waals surface area contributed by atoms with Gasteiger partial charge in [0.05, 0.1) is 23.7 Å². The van der Waals surface area contributed by atoms with E-state index >= 15 is 0 Å². The van der Waals surface area contributed by atoms with Gasteiger partial charge in [-0.05, 0) is 76.7 Å². The quantitative estimate of drug-likeness (QED) is 0.356. The molecule has 4 aromatic rings. The van der Waals surface area contributed by atoms with E-state index in [-0.39, 0.29) is 12.4 Å². The molecular formula is C24H17IN2O4. The molecule has 0 saturated carbocycles. The minimum atomic E-state index is -0.137. The van der Waals surface area contributed by atoms with Crippen molar-refractivity contribution in [2.24, 2.45) is 0 Å². The van der Waals surface area contributed by atoms with Gasteiger partial charge in [0.2, 0.25) is 6.79 Å². The molecule has 1 aliphatic heterocycles. The highest BCUT2D eigenvalue weighted by atomic mass is 127. The lowest BCUT2D eigenvalue weighted by Crippen LogP contribution is -2.22. The molecule has 31 heavy (non-hydrogen) atoms. The zero-order valence-electron chi connectivity index (χ0n) is 16.5. The molecule has 7 heteroatoms. The van der Waals surface area contributed by atoms with E-state index in [0.29, 0.717) is 33.9 Å². The number of halogens is 1. The first kappa shape index (κ1) is 19.6. The van der Waals surface area contributed by atoms with Crippen LogP contribution in [-0.2, 0) is 0 Å². The lowest BCUT2D eigenvalue weighted by Gasteiger charge is -2.12. The average Bonchev–Trinajstić information content (AvgIpc) is 3.26. The van der Waals surface area contributed by atoms with E-state index < -0.39 is 0 Å². The second kappa shape index (κ2) is 8.07. The Morgan fingerprint density at radius 2 is 1.90 bits per heavy atom. The van der Waals surface area contributed by atoms with Crippen LogP contribution >= 0.6 is 22.6 Å². The average molecular weight is 524 g/mol. The SMILES string of the molecule is COc1cccc(-n2c(/C=C/c3ccc4c(c3)OCO4)nc3ccc(I)cc3c2=O)c1. The van der Waals surface area contributed by atoms with Gasteiger partial charge in [0.1, 0.15) is 11.6 Å². The van der Waals surface area contributed by atoms with E-state index in [2.05, 4.69) is 22.6 Å². The Kier molecular flexibility index (Phi) is 5.11. The summed E-state index contributed by atoms with van der Waals surface area (Å²) in [6.07, 6.45) is 3.73. The van der Waals surface area contributed by atoms with Gasteiger partial charge in [0.15, 0.2) is 11.5 Å². The summed E-state index contributed by atoms with van der Waals surface area (Å²) in [5, 5.41) is 0.565. The van der Waals surface area contributed by atoms with Gasteiger partial charge in [-0.2, -0.15) is 0 Å². The van der Waals surface area contributed by atoms with Crippen molar-refractivity contribution in [1.82, 2.24) is 9.55 Å². The van der Waals surface area contributed by atoms with Crippen LogP contribution < -0.4 is 19.8 Å². The molecule has 6 nitrogen and oxygen atoms in total. The fourth-order valence-corrected chi connectivity index (χ4v) is 3.96. The Bertz CT molecular complexity index is 1390. The number of rotatable bonds is 4. The third kappa shape index (κ3) is 3.76. The van der Waals surface area contributed by atoms with Crippen LogP contribution in [0.25, 0.3) is 28.7 Å². The van der Waals surface area contributed by atoms with Gasteiger partial charge in [-0.15, -0.1) is 0 Å². The minimum Gasteiger partial charge on any atom is -0.497 e. The van der Waals surface area contributed by atoms with Gasteiger partial charge in [-0.3, -0.25) is 9.36 Å². The van der Waals surface area contributed by atoms with E-state index in [1.807, 2.05) is 72.8 Å². The molecule has 0 amide bonds. The smallest absolute Gasteiger partial charge is 0.266 e. The number of aromatic nitrogens is 2. The summed E-state index contributed by atoms with van der Waals surface area (Å²) < 4.78 is 18.8. The summed E-state index contributed by atoms with van der Waals surface area (Å²) in [5.41, 5.74) is 2.11. The van der Waals surface area contributed by atoms with Crippen molar-refractivity contribution in [3.63, 3.8) is 0 Å². The highest BCUT2D eigenvalue weighted by molar-refractivity contribution is 14.1. The topological polar surface area (TPSA) is 62.6 Å². The molecule has 0 bridgehead atoms. The lowest BCUT2D eigenvalue weighted by molar-refractivity contribution is 0.174. The van der Waals surface area contributed by atoms with E-state index in [1.165, 1.54) is 0 Å². The van der Waals surface area contributed by atoms with Crippen LogP contribution in [0.15, 0.2) is 65.5 Å². The van der Waals surface area contributed by atoms with Gasteiger partial charge in [-0.1, -0.05) is 18.2 Å². The molecule has 154 valence electrons. The second-order valence-electron chi connectivity index (χ2n) is 6.92. The molecule has 0 saturated heterocycles. The Morgan fingerprint density at radius 3 is 2.77 bits per heavy atom. The van der Waals surface area contributed by atoms with Gasteiger partial charge >= 0.3 is 0 Å². The normalized spacial score (nSPS) is 12.6. The van der Waals surface area contributed by atoms with Crippen molar-refractivity contribution in [3.05, 3.63) is 86.0 Å². The number of hydrogen-bond donors (Lipinski definition) is 0. The number of nitrogens with zero attached hydrogens (tertiary/aromatic N) is 2. The van der Waals surface area contributed by atoms with Crippen LogP contribution in [0.2, 0.25) is 0 Å². The highest BCUT2D eigenvalue weighted by Gasteiger charge is 2.14. The van der Waals surface area contributed by atoms with Crippen LogP contribution in [-0.4, -0.2) is 23.5 Å². The van der Waals surface area contributed by atoms with E-state index in [1.54, 1.807) is 11.7 Å². The molecule has 0 spiro atoms. The van der Waals surface area contributed by atoms with Gasteiger partial charge in [0.25, 0.3) is 5.56 Å². The van der Waals surface area contributed by atoms with Crippen molar-refractivity contribution in [1.29, 1.82) is 0 Å². The minimum absolute atomic E-state index is 0.137. The van der Waals surface area contributed by atoms with Crippen molar-refractivity contribution >= 4 is 45.6 Å². The number of benzene rings is 3. The summed E-state index contributed by atoms with van der Waals surface area (Å²) >= 11 is 2.20. The van der Waals surface area contributed by atoms with Crippen LogP contribution in [0, 0.1) is 3.57 Å². The van der Waals surface area contributed by atoms with Crippen molar-refractivity contribution in [2.45, 2.75) is 0 Å². The number of methoxy groups -OCH3 is 1. The molecule has 1 aromatic heterocycles. The molecule has 5 rings (SSSR count). The standard InChI is InChI=1S/C24H17IN2O4/c1-29-18-4-2-3-17(13-18)27-23(26-20-8-7-16(25)12-19(20)24(27)28)10-6-15-5-9-21-22(11-15)31-14-30-21/h2-13H,14H2,1H3/b10-6+. The fraction of sp³-hybridized carbons (Fsp3) is 0.0833. The molecule has 2 heterocycles. The third-order valence-electron chi connectivity index (χ3n) is 4.99. The van der Waals surface area contributed by atoms with Crippen LogP contribution in [0.1, 0.15) is 11.4 Å². The zero-order valence-corrected chi connectivity index (χ0v) is 18.7. The molecular weight excluding hydrogens is 507 g/mol. The molecule has 0 fully saturated rings. The highest BCUT2D eigenvalue weighted by Crippen LogP contribution is 2.33. The summed E-state index contributed by atoms with van der Waals surface area (Å²) in [7, 11) is 1.60. The maximum absolute atomic E-state index is 13.5. The van der Waals surface area contributed by atoms with Crippen LogP contribution in [0.4, 0.5) is 0 Å². The largest absolute Gasteiger partial charge is 0.497 e. The fourth-order valence-electron chi connectivity index (χ4n) is 3.47. The summed E-state index contributed by atoms with van der Waals surface area (Å²) in [6, 6.07) is 18.7. The lowest BCUT2D eigenvalue weighted by atomic mass is 10.1. The Balaban J connectivity index is 1.68. The van der Waals surface area contributed by atoms with Gasteiger partial charge in [0, 0.05) is 9.64 Å². The number of ether oxygens (including phenoxy) is 3. The van der Waals surface area contributed by atoms with Crippen molar-refractivity contribution < 1.29 is 14.2 Å². The van der Waals surface area contributed by atoms with Crippen LogP contribution in [0.5, 0.6) is 17.2 Å². The Labute approximate surface area is 191 Å². The second-order valence-corrected chi connectivity index (χ2v) is 8.17. The molecule has 3 aromatic carbocycles. The predicted octanol–water partition coefficient (Wildman–Crippen LogP) is 4.90. The van der Waals surface area contributed by atoms with E-state index in [0.717, 1.165) is 14.9 Å². The molecule has 0 atom stereocenters. The number of hydrogen-bond acceptors (Lipinski definition) is 5. The predicted molar refractivity (Wildman–Crippen MR) is 128 cm³/mol. The molecule has 0 unspecified atom stereocenters. The molecule has 1 aliphatic rings. The first-order valence-corrected chi connectivity index (χ1v) is 10.6. The maximum Gasteiger partial charge on any atom is 0.266 e. The zero-order chi connectivity index (χ0) is 21.4. The molecule has 0 aliphatic carbocycles. The Morgan fingerprint density at radius 1 is 1.03 bits per heavy atom. The van der Waals surface area contributed by atoms with Crippen LogP contribution in [0.3, 0.4) is 0 Å². The first-order valence-electron chi connectivity index (χ1n) is 9.57. The first-order chi connectivity index (χ1) is 15.1. The van der Waals surface area contributed by atoms with E-state index in [9.17, 15) is 4.79 Å². The summed E-state index contributed by atoms with van der Waals surface area (Å²) in [5.74, 6) is 2.61. The Hall–Kier alpha value is -3.33. The molecule has 0 radical (unpaired) electrons. The van der Waals surface area contributed by atoms with E-state index in [4.69, 9.17) is 19.2 Å². The third-order valence-corrected chi connectivity index (χ3v) is 5.66. The van der Waals surface area contributed by atoms with Gasteiger partial charge in [-0.25, -0.2) is 4.98 Å². The maximum atomic E-state index is 13.5. The monoisotopic (exact) mass is 524 g/mol. The van der Waals surface area contributed by atoms with Gasteiger partial charge < -0.3 is 14.2 Å². The van der Waals surface area contributed by atoms with Crippen molar-refractivity contribution in [3.8, 4) is 22.9 Å². The molecule has 0 N–H and O–H groups in total. The summed E-state index contributed by atoms with van der Waals surface area (Å²) in [4.78, 5) is 18.2. The summed E-state index contributed by atoms with van der Waals surface area (Å²) in [6.45, 7) is 0.225.